The van der Waals surface area contributed by atoms with Crippen LogP contribution in [0.15, 0.2) is 353 Å². The van der Waals surface area contributed by atoms with E-state index in [0.29, 0.717) is 34.9 Å². The molecule has 7 aromatic heterocycles. The summed E-state index contributed by atoms with van der Waals surface area (Å²) < 4.78 is 24.4. The van der Waals surface area contributed by atoms with Gasteiger partial charge in [0.1, 0.15) is 33.5 Å². The van der Waals surface area contributed by atoms with Crippen molar-refractivity contribution in [2.75, 3.05) is 0 Å². The molecule has 0 bridgehead atoms. The van der Waals surface area contributed by atoms with E-state index in [2.05, 4.69) is 264 Å². The lowest BCUT2D eigenvalue weighted by Crippen LogP contribution is -2.00. The van der Waals surface area contributed by atoms with Crippen LogP contribution in [0.4, 0.5) is 0 Å². The smallest absolute Gasteiger partial charge is 0.164 e. The number of benzene rings is 15. The van der Waals surface area contributed by atoms with E-state index in [1.54, 1.807) is 0 Å². The van der Waals surface area contributed by atoms with Gasteiger partial charge in [-0.2, -0.15) is 0 Å². The number of para-hydroxylation sites is 4. The number of furan rings is 3. The Kier molecular flexibility index (Phi) is 13.4. The zero-order valence-corrected chi connectivity index (χ0v) is 57.1. The molecule has 0 aliphatic carbocycles. The van der Waals surface area contributed by atoms with Gasteiger partial charge in [-0.3, -0.25) is 0 Å². The third-order valence-corrected chi connectivity index (χ3v) is 21.1. The molecule has 22 aromatic rings. The maximum absolute atomic E-state index is 6.66. The summed E-state index contributed by atoms with van der Waals surface area (Å²) in [5.74, 6) is 3.43. The molecular formula is C96H56N8O3. The van der Waals surface area contributed by atoms with Crippen LogP contribution >= 0.6 is 0 Å². The number of aromatic nitrogens is 8. The molecule has 15 aromatic carbocycles. The summed E-state index contributed by atoms with van der Waals surface area (Å²) in [5, 5.41) is 10.8. The van der Waals surface area contributed by atoms with Crippen LogP contribution in [0.3, 0.4) is 0 Å². The van der Waals surface area contributed by atoms with Crippen LogP contribution in [0.25, 0.3) is 223 Å². The molecule has 0 radical (unpaired) electrons. The fourth-order valence-corrected chi connectivity index (χ4v) is 15.8. The Morgan fingerprint density at radius 3 is 0.991 bits per heavy atom. The van der Waals surface area contributed by atoms with Crippen molar-refractivity contribution in [2.45, 2.75) is 0 Å². The highest BCUT2D eigenvalue weighted by atomic mass is 16.3. The van der Waals surface area contributed by atoms with Crippen molar-refractivity contribution in [1.82, 2.24) is 39.0 Å². The molecule has 11 nitrogen and oxygen atoms in total. The van der Waals surface area contributed by atoms with E-state index < -0.39 is 0 Å². The van der Waals surface area contributed by atoms with Crippen LogP contribution < -0.4 is 0 Å². The number of hydrogen-bond donors (Lipinski definition) is 0. The molecule has 0 unspecified atom stereocenters. The maximum Gasteiger partial charge on any atom is 0.164 e. The van der Waals surface area contributed by atoms with E-state index in [9.17, 15) is 0 Å². The zero-order chi connectivity index (χ0) is 70.2. The Hall–Kier alpha value is -14.7. The average molecular weight is 1370 g/mol. The summed E-state index contributed by atoms with van der Waals surface area (Å²) in [7, 11) is 0. The van der Waals surface area contributed by atoms with Crippen LogP contribution in [0.5, 0.6) is 0 Å². The van der Waals surface area contributed by atoms with Gasteiger partial charge in [0, 0.05) is 105 Å². The second-order valence-electron chi connectivity index (χ2n) is 27.3. The van der Waals surface area contributed by atoms with E-state index in [4.69, 9.17) is 43.2 Å². The van der Waals surface area contributed by atoms with Gasteiger partial charge in [0.25, 0.3) is 0 Å². The van der Waals surface area contributed by atoms with Gasteiger partial charge < -0.3 is 22.4 Å². The number of rotatable bonds is 11. The van der Waals surface area contributed by atoms with Crippen molar-refractivity contribution < 1.29 is 13.3 Å². The zero-order valence-electron chi connectivity index (χ0n) is 57.1. The molecule has 0 atom stereocenters. The molecule has 0 amide bonds. The highest BCUT2D eigenvalue weighted by molar-refractivity contribution is 6.13. The van der Waals surface area contributed by atoms with E-state index in [1.165, 1.54) is 16.2 Å². The first-order valence-electron chi connectivity index (χ1n) is 35.8. The van der Waals surface area contributed by atoms with Crippen molar-refractivity contribution in [3.05, 3.63) is 340 Å². The molecule has 498 valence electrons. The minimum absolute atomic E-state index is 0.536. The summed E-state index contributed by atoms with van der Waals surface area (Å²) in [5.41, 5.74) is 23.2. The van der Waals surface area contributed by atoms with E-state index in [1.807, 2.05) is 84.9 Å². The normalized spacial score (nSPS) is 11.9. The van der Waals surface area contributed by atoms with Crippen molar-refractivity contribution >= 4 is 109 Å². The quantitative estimate of drug-likeness (QED) is 0.124. The fraction of sp³-hybridized carbons (Fsp3) is 0. The molecule has 7 heterocycles. The Labute approximate surface area is 610 Å². The lowest BCUT2D eigenvalue weighted by molar-refractivity contribution is 0.668. The molecule has 0 saturated carbocycles. The molecule has 0 saturated heterocycles. The summed E-state index contributed by atoms with van der Waals surface area (Å²) in [6, 6.07) is 118. The summed E-state index contributed by atoms with van der Waals surface area (Å²) >= 11 is 0. The van der Waals surface area contributed by atoms with Crippen LogP contribution in [0.1, 0.15) is 0 Å². The summed E-state index contributed by atoms with van der Waals surface area (Å²) in [4.78, 5) is 30.9. The standard InChI is InChI=1S/C96H56N8O3/c1-3-15-57(16-4-1)58-27-31-62(32-28-58)92-97-91(61-17-5-2-6-18-61)98-94(99-92)66-40-49-86-79(52-66)76-45-37-65(54-88(76)106-86)64-39-48-84-78(51-64)73-21-9-13-25-83(73)103(84)69-42-35-60(36-43-69)59-29-33-63(34-30-59)93-100-95(102-96(101-93)68-38-46-75-74-22-10-14-26-85(74)105-89(75)55-68)67-41-50-87-80(53-67)77-47-44-70(56-90(77)107-87)104-81-23-11-7-19-71(81)72-20-8-12-24-82(72)104/h1-56H. The average Bonchev–Trinajstić information content (AvgIpc) is 1.61. The van der Waals surface area contributed by atoms with Crippen LogP contribution in [0, 0.1) is 0 Å². The first-order valence-corrected chi connectivity index (χ1v) is 35.8. The van der Waals surface area contributed by atoms with Gasteiger partial charge in [-0.1, -0.05) is 212 Å². The van der Waals surface area contributed by atoms with Gasteiger partial charge >= 0.3 is 0 Å². The summed E-state index contributed by atoms with van der Waals surface area (Å²) in [6.45, 7) is 0. The van der Waals surface area contributed by atoms with Crippen molar-refractivity contribution in [3.8, 4) is 113 Å². The molecule has 107 heavy (non-hydrogen) atoms. The second kappa shape index (κ2) is 24.0. The van der Waals surface area contributed by atoms with Crippen molar-refractivity contribution in [1.29, 1.82) is 0 Å². The predicted molar refractivity (Wildman–Crippen MR) is 433 cm³/mol. The topological polar surface area (TPSA) is 127 Å². The van der Waals surface area contributed by atoms with Gasteiger partial charge in [-0.15, -0.1) is 0 Å². The van der Waals surface area contributed by atoms with E-state index >= 15 is 0 Å². The summed E-state index contributed by atoms with van der Waals surface area (Å²) in [6.07, 6.45) is 0. The molecule has 0 aliphatic rings. The number of fused-ring (bicyclic) bond motifs is 15. The predicted octanol–water partition coefficient (Wildman–Crippen LogP) is 25.0. The lowest BCUT2D eigenvalue weighted by atomic mass is 10.0. The Balaban J connectivity index is 0.566. The molecule has 0 aliphatic heterocycles. The first-order chi connectivity index (χ1) is 52.9. The van der Waals surface area contributed by atoms with Crippen molar-refractivity contribution in [3.63, 3.8) is 0 Å². The van der Waals surface area contributed by atoms with Gasteiger partial charge in [0.05, 0.1) is 22.1 Å². The number of nitrogens with zero attached hydrogens (tertiary/aromatic N) is 8. The Bertz CT molecular complexity index is 7300. The monoisotopic (exact) mass is 1370 g/mol. The van der Waals surface area contributed by atoms with E-state index in [0.717, 1.165) is 171 Å². The Morgan fingerprint density at radius 1 is 0.159 bits per heavy atom. The molecule has 22 rings (SSSR count). The molecule has 0 fully saturated rings. The third-order valence-electron chi connectivity index (χ3n) is 21.1. The highest BCUT2D eigenvalue weighted by Gasteiger charge is 2.22. The van der Waals surface area contributed by atoms with E-state index in [-0.39, 0.29) is 0 Å². The van der Waals surface area contributed by atoms with Gasteiger partial charge in [-0.25, -0.2) is 29.9 Å². The maximum atomic E-state index is 6.66. The SMILES string of the molecule is c1ccc(-c2ccc(-c3nc(-c4ccccc4)nc(-c4ccc5oc6cc(-c7ccc8c(c7)c7ccccc7n8-c7ccc(-c8ccc(-c9nc(-c%10ccc%11c(c%10)oc%10ccccc%10%11)nc(-c%10ccc%11oc%12cc(-n%13c%14ccccc%14c%14ccccc%14%13)ccc%12c%11c%10)n9)cc8)cc7)ccc6c5c4)n3)cc2)cc1. The molecular weight excluding hydrogens is 1310 g/mol. The Morgan fingerprint density at radius 2 is 0.449 bits per heavy atom. The third kappa shape index (κ3) is 10.0. The van der Waals surface area contributed by atoms with Crippen LogP contribution in [0.2, 0.25) is 0 Å². The minimum atomic E-state index is 0.536. The molecule has 0 spiro atoms. The number of hydrogen-bond acceptors (Lipinski definition) is 9. The second-order valence-corrected chi connectivity index (χ2v) is 27.3. The fourth-order valence-electron chi connectivity index (χ4n) is 15.8. The van der Waals surface area contributed by atoms with Crippen molar-refractivity contribution in [2.24, 2.45) is 0 Å². The van der Waals surface area contributed by atoms with Crippen LogP contribution in [-0.2, 0) is 0 Å². The molecule has 11 heteroatoms. The first kappa shape index (κ1) is 60.0. The van der Waals surface area contributed by atoms with Gasteiger partial charge in [0.15, 0.2) is 34.9 Å². The lowest BCUT2D eigenvalue weighted by Gasteiger charge is -2.11. The van der Waals surface area contributed by atoms with Crippen LogP contribution in [-0.4, -0.2) is 39.0 Å². The highest BCUT2D eigenvalue weighted by Crippen LogP contribution is 2.42. The minimum Gasteiger partial charge on any atom is -0.456 e. The van der Waals surface area contributed by atoms with Gasteiger partial charge in [-0.05, 0) is 155 Å². The molecule has 0 N–H and O–H groups in total. The van der Waals surface area contributed by atoms with Gasteiger partial charge in [0.2, 0.25) is 0 Å². The largest absolute Gasteiger partial charge is 0.456 e.